The standard InChI is InChI=1S/C15H21N3O/c1-4-13(5-2)17-15(19)11-18(3)14-8-6-7-12(9-14)10-16/h6-9,13H,4-5,11H2,1-3H3,(H,17,19). The van der Waals surface area contributed by atoms with E-state index in [9.17, 15) is 4.79 Å². The average molecular weight is 259 g/mol. The summed E-state index contributed by atoms with van der Waals surface area (Å²) in [5.41, 5.74) is 1.48. The number of benzene rings is 1. The minimum atomic E-state index is 0.0126. The van der Waals surface area contributed by atoms with Crippen LogP contribution in [0.4, 0.5) is 5.69 Å². The van der Waals surface area contributed by atoms with E-state index in [2.05, 4.69) is 25.2 Å². The number of nitrogens with zero attached hydrogens (tertiary/aromatic N) is 2. The average Bonchev–Trinajstić information content (AvgIpc) is 2.44. The van der Waals surface area contributed by atoms with Gasteiger partial charge in [-0.3, -0.25) is 4.79 Å². The van der Waals surface area contributed by atoms with Crippen LogP contribution in [0.1, 0.15) is 32.3 Å². The van der Waals surface area contributed by atoms with Gasteiger partial charge >= 0.3 is 0 Å². The normalized spacial score (nSPS) is 10.1. The Morgan fingerprint density at radius 3 is 2.68 bits per heavy atom. The van der Waals surface area contributed by atoms with E-state index in [1.54, 1.807) is 12.1 Å². The van der Waals surface area contributed by atoms with Gasteiger partial charge in [0.05, 0.1) is 18.2 Å². The summed E-state index contributed by atoms with van der Waals surface area (Å²) >= 11 is 0. The molecule has 0 bridgehead atoms. The Bertz CT molecular complexity index is 461. The number of hydrogen-bond acceptors (Lipinski definition) is 3. The lowest BCUT2D eigenvalue weighted by Crippen LogP contribution is -2.40. The van der Waals surface area contributed by atoms with Gasteiger partial charge in [-0.1, -0.05) is 19.9 Å². The van der Waals surface area contributed by atoms with Gasteiger partial charge < -0.3 is 10.2 Å². The van der Waals surface area contributed by atoms with Gasteiger partial charge in [0.1, 0.15) is 0 Å². The predicted molar refractivity (Wildman–Crippen MR) is 76.9 cm³/mol. The van der Waals surface area contributed by atoms with Crippen LogP contribution in [0.5, 0.6) is 0 Å². The predicted octanol–water partition coefficient (Wildman–Crippen LogP) is 2.30. The van der Waals surface area contributed by atoms with Crippen molar-refractivity contribution in [3.8, 4) is 6.07 Å². The van der Waals surface area contributed by atoms with Gasteiger partial charge in [0, 0.05) is 18.8 Å². The lowest BCUT2D eigenvalue weighted by molar-refractivity contribution is -0.120. The molecule has 0 saturated heterocycles. The molecule has 1 aromatic rings. The molecule has 1 rings (SSSR count). The third-order valence-electron chi connectivity index (χ3n) is 3.15. The summed E-state index contributed by atoms with van der Waals surface area (Å²) in [5, 5.41) is 11.9. The third kappa shape index (κ3) is 4.63. The maximum atomic E-state index is 11.9. The SMILES string of the molecule is CCC(CC)NC(=O)CN(C)c1cccc(C#N)c1. The summed E-state index contributed by atoms with van der Waals surface area (Å²) in [6, 6.07) is 9.59. The number of anilines is 1. The van der Waals surface area contributed by atoms with Crippen LogP contribution in [-0.2, 0) is 4.79 Å². The molecule has 4 nitrogen and oxygen atoms in total. The van der Waals surface area contributed by atoms with Crippen LogP contribution >= 0.6 is 0 Å². The van der Waals surface area contributed by atoms with Crippen LogP contribution in [0.3, 0.4) is 0 Å². The van der Waals surface area contributed by atoms with Gasteiger partial charge in [-0.05, 0) is 31.0 Å². The molecule has 1 aromatic carbocycles. The summed E-state index contributed by atoms with van der Waals surface area (Å²) in [4.78, 5) is 13.7. The monoisotopic (exact) mass is 259 g/mol. The van der Waals surface area contributed by atoms with Crippen LogP contribution in [0, 0.1) is 11.3 Å². The second-order valence-corrected chi connectivity index (χ2v) is 4.60. The first-order valence-corrected chi connectivity index (χ1v) is 6.61. The van der Waals surface area contributed by atoms with Gasteiger partial charge in [0.2, 0.25) is 5.91 Å². The fraction of sp³-hybridized carbons (Fsp3) is 0.467. The van der Waals surface area contributed by atoms with Gasteiger partial charge in [0.25, 0.3) is 0 Å². The summed E-state index contributed by atoms with van der Waals surface area (Å²) in [5.74, 6) is 0.0126. The molecule has 0 fully saturated rings. The molecule has 0 heterocycles. The molecule has 0 saturated carbocycles. The van der Waals surface area contributed by atoms with Crippen LogP contribution in [0.15, 0.2) is 24.3 Å². The number of nitriles is 1. The minimum absolute atomic E-state index is 0.0126. The van der Waals surface area contributed by atoms with E-state index in [1.165, 1.54) is 0 Å². The zero-order valence-corrected chi connectivity index (χ0v) is 11.8. The van der Waals surface area contributed by atoms with Crippen molar-refractivity contribution in [2.45, 2.75) is 32.7 Å². The Kier molecular flexibility index (Phi) is 5.87. The quantitative estimate of drug-likeness (QED) is 0.852. The van der Waals surface area contributed by atoms with Gasteiger partial charge in [-0.15, -0.1) is 0 Å². The van der Waals surface area contributed by atoms with Crippen molar-refractivity contribution < 1.29 is 4.79 Å². The van der Waals surface area contributed by atoms with Crippen molar-refractivity contribution >= 4 is 11.6 Å². The number of amides is 1. The van der Waals surface area contributed by atoms with E-state index < -0.39 is 0 Å². The molecule has 0 aliphatic rings. The fourth-order valence-corrected chi connectivity index (χ4v) is 1.89. The number of rotatable bonds is 6. The van der Waals surface area contributed by atoms with Gasteiger partial charge in [-0.25, -0.2) is 0 Å². The smallest absolute Gasteiger partial charge is 0.239 e. The van der Waals surface area contributed by atoms with Crippen LogP contribution in [0.25, 0.3) is 0 Å². The summed E-state index contributed by atoms with van der Waals surface area (Å²) in [6.45, 7) is 4.43. The molecule has 1 amide bonds. The molecule has 0 aliphatic carbocycles. The van der Waals surface area contributed by atoms with E-state index >= 15 is 0 Å². The highest BCUT2D eigenvalue weighted by Crippen LogP contribution is 2.13. The van der Waals surface area contributed by atoms with E-state index in [-0.39, 0.29) is 11.9 Å². The Hall–Kier alpha value is -2.02. The second-order valence-electron chi connectivity index (χ2n) is 4.60. The zero-order chi connectivity index (χ0) is 14.3. The number of nitrogens with one attached hydrogen (secondary N) is 1. The molecular weight excluding hydrogens is 238 g/mol. The van der Waals surface area contributed by atoms with E-state index in [1.807, 2.05) is 24.1 Å². The van der Waals surface area contributed by atoms with Crippen molar-refractivity contribution in [3.63, 3.8) is 0 Å². The van der Waals surface area contributed by atoms with Crippen molar-refractivity contribution in [2.24, 2.45) is 0 Å². The first-order valence-electron chi connectivity index (χ1n) is 6.61. The van der Waals surface area contributed by atoms with Gasteiger partial charge in [-0.2, -0.15) is 5.26 Å². The molecule has 19 heavy (non-hydrogen) atoms. The molecule has 0 atom stereocenters. The maximum Gasteiger partial charge on any atom is 0.239 e. The third-order valence-corrected chi connectivity index (χ3v) is 3.15. The van der Waals surface area contributed by atoms with Crippen LogP contribution in [0.2, 0.25) is 0 Å². The molecular formula is C15H21N3O. The van der Waals surface area contributed by atoms with Crippen LogP contribution in [-0.4, -0.2) is 25.5 Å². The largest absolute Gasteiger partial charge is 0.365 e. The van der Waals surface area contributed by atoms with Crippen LogP contribution < -0.4 is 10.2 Å². The highest BCUT2D eigenvalue weighted by Gasteiger charge is 2.11. The van der Waals surface area contributed by atoms with E-state index in [4.69, 9.17) is 5.26 Å². The zero-order valence-electron chi connectivity index (χ0n) is 11.8. The number of likely N-dealkylation sites (N-methyl/N-ethyl adjacent to an activating group) is 1. The Morgan fingerprint density at radius 1 is 1.42 bits per heavy atom. The minimum Gasteiger partial charge on any atom is -0.365 e. The van der Waals surface area contributed by atoms with Gasteiger partial charge in [0.15, 0.2) is 0 Å². The summed E-state index contributed by atoms with van der Waals surface area (Å²) in [7, 11) is 1.85. The lowest BCUT2D eigenvalue weighted by atomic mass is 10.1. The summed E-state index contributed by atoms with van der Waals surface area (Å²) < 4.78 is 0. The number of carbonyl (C=O) groups excluding carboxylic acids is 1. The molecule has 0 spiro atoms. The Labute approximate surface area is 115 Å². The van der Waals surface area contributed by atoms with Crippen molar-refractivity contribution in [3.05, 3.63) is 29.8 Å². The topological polar surface area (TPSA) is 56.1 Å². The number of carbonyl (C=O) groups is 1. The molecule has 0 aliphatic heterocycles. The molecule has 0 radical (unpaired) electrons. The first kappa shape index (κ1) is 15.0. The molecule has 0 aromatic heterocycles. The van der Waals surface area contributed by atoms with E-state index in [0.29, 0.717) is 12.1 Å². The first-order chi connectivity index (χ1) is 9.10. The maximum absolute atomic E-state index is 11.9. The van der Waals surface area contributed by atoms with Crippen molar-refractivity contribution in [1.82, 2.24) is 5.32 Å². The molecule has 1 N–H and O–H groups in total. The molecule has 0 unspecified atom stereocenters. The molecule has 4 heteroatoms. The number of hydrogen-bond donors (Lipinski definition) is 1. The highest BCUT2D eigenvalue weighted by atomic mass is 16.2. The van der Waals surface area contributed by atoms with Crippen molar-refractivity contribution in [2.75, 3.05) is 18.5 Å². The fourth-order valence-electron chi connectivity index (χ4n) is 1.89. The van der Waals surface area contributed by atoms with Crippen molar-refractivity contribution in [1.29, 1.82) is 5.26 Å². The molecule has 102 valence electrons. The second kappa shape index (κ2) is 7.42. The summed E-state index contributed by atoms with van der Waals surface area (Å²) in [6.07, 6.45) is 1.88. The Balaban J connectivity index is 2.61. The highest BCUT2D eigenvalue weighted by molar-refractivity contribution is 5.81. The lowest BCUT2D eigenvalue weighted by Gasteiger charge is -2.21. The van der Waals surface area contributed by atoms with E-state index in [0.717, 1.165) is 18.5 Å². The Morgan fingerprint density at radius 2 is 2.11 bits per heavy atom.